The Bertz CT molecular complexity index is 1170. The molecule has 0 spiro atoms. The van der Waals surface area contributed by atoms with Crippen LogP contribution in [0, 0.1) is 15.9 Å². The van der Waals surface area contributed by atoms with Crippen LogP contribution < -0.4 is 10.3 Å². The van der Waals surface area contributed by atoms with Gasteiger partial charge >= 0.3 is 11.7 Å². The molecule has 8 nitrogen and oxygen atoms in total. The van der Waals surface area contributed by atoms with Gasteiger partial charge in [-0.15, -0.1) is 0 Å². The van der Waals surface area contributed by atoms with Crippen molar-refractivity contribution in [2.24, 2.45) is 0 Å². The molecule has 2 heterocycles. The first-order chi connectivity index (χ1) is 12.9. The summed E-state index contributed by atoms with van der Waals surface area (Å²) in [6.07, 6.45) is 1.51. The van der Waals surface area contributed by atoms with Crippen LogP contribution in [0.1, 0.15) is 22.6 Å². The van der Waals surface area contributed by atoms with Gasteiger partial charge in [-0.05, 0) is 30.7 Å². The minimum absolute atomic E-state index is 0.0518. The van der Waals surface area contributed by atoms with E-state index >= 15 is 0 Å². The SMILES string of the molecule is O=C(Oc1cc(F)ccc1[N+](=O)[O-])c1ccc2c(=O)n3c(nc2c1)CCC3. The molecule has 0 unspecified atom stereocenters. The molecule has 1 aromatic heterocycles. The van der Waals surface area contributed by atoms with Gasteiger partial charge in [0.15, 0.2) is 0 Å². The van der Waals surface area contributed by atoms with Crippen molar-refractivity contribution in [1.29, 1.82) is 0 Å². The van der Waals surface area contributed by atoms with Gasteiger partial charge in [-0.1, -0.05) is 0 Å². The molecule has 0 radical (unpaired) electrons. The van der Waals surface area contributed by atoms with Crippen molar-refractivity contribution in [2.45, 2.75) is 19.4 Å². The zero-order valence-electron chi connectivity index (χ0n) is 13.8. The fraction of sp³-hybridized carbons (Fsp3) is 0.167. The standard InChI is InChI=1S/C18H12FN3O5/c19-11-4-6-14(22(25)26)15(9-11)27-18(24)10-3-5-12-13(8-10)20-16-2-1-7-21(16)17(12)23/h3-6,8-9H,1-2,7H2. The van der Waals surface area contributed by atoms with Gasteiger partial charge in [0.25, 0.3) is 5.56 Å². The largest absolute Gasteiger partial charge is 0.415 e. The maximum atomic E-state index is 13.4. The zero-order valence-corrected chi connectivity index (χ0v) is 13.8. The molecule has 0 fully saturated rings. The summed E-state index contributed by atoms with van der Waals surface area (Å²) in [5.74, 6) is -1.52. The molecule has 136 valence electrons. The molecule has 0 atom stereocenters. The number of aromatic nitrogens is 2. The van der Waals surface area contributed by atoms with Crippen LogP contribution in [0.15, 0.2) is 41.2 Å². The fourth-order valence-electron chi connectivity index (χ4n) is 3.09. The Balaban J connectivity index is 1.72. The van der Waals surface area contributed by atoms with Crippen molar-refractivity contribution >= 4 is 22.6 Å². The summed E-state index contributed by atoms with van der Waals surface area (Å²) in [5, 5.41) is 11.4. The lowest BCUT2D eigenvalue weighted by Crippen LogP contribution is -2.21. The fourth-order valence-corrected chi connectivity index (χ4v) is 3.09. The predicted molar refractivity (Wildman–Crippen MR) is 92.3 cm³/mol. The number of halogens is 1. The highest BCUT2D eigenvalue weighted by Gasteiger charge is 2.21. The summed E-state index contributed by atoms with van der Waals surface area (Å²) in [4.78, 5) is 39.5. The van der Waals surface area contributed by atoms with E-state index in [1.54, 1.807) is 4.57 Å². The average Bonchev–Trinajstić information content (AvgIpc) is 3.10. The Labute approximate surface area is 151 Å². The quantitative estimate of drug-likeness (QED) is 0.304. The van der Waals surface area contributed by atoms with Crippen molar-refractivity contribution in [1.82, 2.24) is 9.55 Å². The monoisotopic (exact) mass is 369 g/mol. The Morgan fingerprint density at radius 1 is 1.26 bits per heavy atom. The topological polar surface area (TPSA) is 104 Å². The van der Waals surface area contributed by atoms with Crippen LogP contribution in [0.25, 0.3) is 10.9 Å². The van der Waals surface area contributed by atoms with Gasteiger partial charge in [-0.2, -0.15) is 0 Å². The Kier molecular flexibility index (Phi) is 3.91. The van der Waals surface area contributed by atoms with E-state index in [1.807, 2.05) is 0 Å². The summed E-state index contributed by atoms with van der Waals surface area (Å²) >= 11 is 0. The molecule has 3 aromatic rings. The van der Waals surface area contributed by atoms with Crippen LogP contribution in [0.3, 0.4) is 0 Å². The minimum atomic E-state index is -0.909. The maximum Gasteiger partial charge on any atom is 0.343 e. The van der Waals surface area contributed by atoms with Crippen LogP contribution in [-0.2, 0) is 13.0 Å². The van der Waals surface area contributed by atoms with Crippen LogP contribution in [0.4, 0.5) is 10.1 Å². The Morgan fingerprint density at radius 3 is 2.85 bits per heavy atom. The highest BCUT2D eigenvalue weighted by Crippen LogP contribution is 2.28. The molecule has 4 rings (SSSR count). The lowest BCUT2D eigenvalue weighted by atomic mass is 10.1. The van der Waals surface area contributed by atoms with Crippen molar-refractivity contribution in [3.8, 4) is 5.75 Å². The Morgan fingerprint density at radius 2 is 2.07 bits per heavy atom. The molecule has 1 aliphatic heterocycles. The van der Waals surface area contributed by atoms with Crippen molar-refractivity contribution < 1.29 is 18.8 Å². The molecule has 0 saturated carbocycles. The minimum Gasteiger partial charge on any atom is -0.415 e. The number of aryl methyl sites for hydroxylation is 1. The van der Waals surface area contributed by atoms with Crippen molar-refractivity contribution in [3.05, 3.63) is 74.1 Å². The second-order valence-corrected chi connectivity index (χ2v) is 6.08. The number of nitro groups is 1. The number of hydrogen-bond donors (Lipinski definition) is 0. The summed E-state index contributed by atoms with van der Waals surface area (Å²) in [6, 6.07) is 6.83. The van der Waals surface area contributed by atoms with E-state index in [-0.39, 0.29) is 11.1 Å². The summed E-state index contributed by atoms with van der Waals surface area (Å²) in [6.45, 7) is 0.615. The van der Waals surface area contributed by atoms with E-state index in [2.05, 4.69) is 4.98 Å². The van der Waals surface area contributed by atoms with Gasteiger partial charge in [0.2, 0.25) is 5.75 Å². The van der Waals surface area contributed by atoms with Gasteiger partial charge in [0.05, 0.1) is 21.4 Å². The third-order valence-corrected chi connectivity index (χ3v) is 4.37. The maximum absolute atomic E-state index is 13.4. The molecule has 0 amide bonds. The third kappa shape index (κ3) is 2.92. The molecule has 0 aliphatic carbocycles. The first-order valence-corrected chi connectivity index (χ1v) is 8.13. The van der Waals surface area contributed by atoms with Crippen molar-refractivity contribution in [3.63, 3.8) is 0 Å². The van der Waals surface area contributed by atoms with Crippen LogP contribution in [-0.4, -0.2) is 20.4 Å². The molecular formula is C18H12FN3O5. The van der Waals surface area contributed by atoms with E-state index < -0.39 is 28.1 Å². The van der Waals surface area contributed by atoms with Gasteiger partial charge in [0, 0.05) is 25.1 Å². The molecule has 1 aliphatic rings. The van der Waals surface area contributed by atoms with E-state index in [1.165, 1.54) is 18.2 Å². The first-order valence-electron chi connectivity index (χ1n) is 8.13. The van der Waals surface area contributed by atoms with Crippen LogP contribution in [0.5, 0.6) is 5.75 Å². The number of ether oxygens (including phenoxy) is 1. The molecular weight excluding hydrogens is 357 g/mol. The van der Waals surface area contributed by atoms with Gasteiger partial charge in [0.1, 0.15) is 11.6 Å². The van der Waals surface area contributed by atoms with E-state index in [0.29, 0.717) is 29.7 Å². The lowest BCUT2D eigenvalue weighted by Gasteiger charge is -2.08. The van der Waals surface area contributed by atoms with Crippen LogP contribution in [0.2, 0.25) is 0 Å². The molecule has 9 heteroatoms. The molecule has 0 saturated heterocycles. The predicted octanol–water partition coefficient (Wildman–Crippen LogP) is 2.61. The number of benzene rings is 2. The summed E-state index contributed by atoms with van der Waals surface area (Å²) in [5.41, 5.74) is -0.305. The highest BCUT2D eigenvalue weighted by molar-refractivity contribution is 5.95. The zero-order chi connectivity index (χ0) is 19.1. The molecule has 2 aromatic carbocycles. The van der Waals surface area contributed by atoms with Gasteiger partial charge in [-0.3, -0.25) is 19.5 Å². The van der Waals surface area contributed by atoms with Crippen molar-refractivity contribution in [2.75, 3.05) is 0 Å². The van der Waals surface area contributed by atoms with Gasteiger partial charge < -0.3 is 4.74 Å². The van der Waals surface area contributed by atoms with E-state index in [9.17, 15) is 24.1 Å². The third-order valence-electron chi connectivity index (χ3n) is 4.37. The number of fused-ring (bicyclic) bond motifs is 2. The molecule has 0 bridgehead atoms. The number of nitro benzene ring substituents is 1. The Hall–Kier alpha value is -3.62. The number of rotatable bonds is 3. The molecule has 27 heavy (non-hydrogen) atoms. The molecule has 0 N–H and O–H groups in total. The summed E-state index contributed by atoms with van der Waals surface area (Å²) in [7, 11) is 0. The number of carbonyl (C=O) groups excluding carboxylic acids is 1. The lowest BCUT2D eigenvalue weighted by molar-refractivity contribution is -0.385. The first kappa shape index (κ1) is 16.8. The van der Waals surface area contributed by atoms with E-state index in [4.69, 9.17) is 4.74 Å². The second-order valence-electron chi connectivity index (χ2n) is 6.08. The highest BCUT2D eigenvalue weighted by atomic mass is 19.1. The smallest absolute Gasteiger partial charge is 0.343 e. The normalized spacial score (nSPS) is 12.8. The number of carbonyl (C=O) groups is 1. The number of esters is 1. The van der Waals surface area contributed by atoms with E-state index in [0.717, 1.165) is 24.6 Å². The second kappa shape index (κ2) is 6.27. The number of nitrogens with zero attached hydrogens (tertiary/aromatic N) is 3. The average molecular weight is 369 g/mol. The number of hydrogen-bond acceptors (Lipinski definition) is 6. The van der Waals surface area contributed by atoms with Crippen LogP contribution >= 0.6 is 0 Å². The van der Waals surface area contributed by atoms with Gasteiger partial charge in [-0.25, -0.2) is 14.2 Å². The summed E-state index contributed by atoms with van der Waals surface area (Å²) < 4.78 is 20.0.